The molecule has 2 aromatic heterocycles. The van der Waals surface area contributed by atoms with Crippen LogP contribution in [0.5, 0.6) is 0 Å². The van der Waals surface area contributed by atoms with Crippen LogP contribution in [0.4, 0.5) is 19.0 Å². The molecule has 2 aliphatic heterocycles. The zero-order valence-electron chi connectivity index (χ0n) is 24.3. The molecule has 3 aromatic rings. The molecule has 2 atom stereocenters. The molecule has 4 heterocycles. The summed E-state index contributed by atoms with van der Waals surface area (Å²) in [5.74, 6) is -2.48. The number of halogens is 3. The number of aromatic nitrogens is 3. The number of hydrogen-bond acceptors (Lipinski definition) is 5. The van der Waals surface area contributed by atoms with Crippen LogP contribution in [0.25, 0.3) is 11.0 Å². The molecule has 2 saturated carbocycles. The maximum absolute atomic E-state index is 15.7. The van der Waals surface area contributed by atoms with E-state index in [1.807, 2.05) is 0 Å². The number of hydrogen-bond donors (Lipinski definition) is 1. The lowest BCUT2D eigenvalue weighted by atomic mass is 9.66. The highest BCUT2D eigenvalue weighted by Gasteiger charge is 2.47. The maximum atomic E-state index is 15.7. The predicted molar refractivity (Wildman–Crippen MR) is 156 cm³/mol. The largest absolute Gasteiger partial charge is 0.363 e. The molecular weight excluding hydrogens is 539 g/mol. The minimum atomic E-state index is -3.27. The minimum absolute atomic E-state index is 0.117. The van der Waals surface area contributed by atoms with Gasteiger partial charge in [-0.25, -0.2) is 23.1 Å². The Bertz CT molecular complexity index is 1590. The van der Waals surface area contributed by atoms with Crippen molar-refractivity contribution in [3.63, 3.8) is 0 Å². The summed E-state index contributed by atoms with van der Waals surface area (Å²) in [6.07, 6.45) is 8.37. The van der Waals surface area contributed by atoms with E-state index in [0.29, 0.717) is 60.1 Å². The maximum Gasteiger partial charge on any atom is 0.276 e. The SMILES string of the molecule is CC1CCCCCn2c(=O)c(C3(C#N)CC3)cc3c(ncnc32)N[C@H](C)c2cccc(c2F)C(F)(F)CCC2CC1C2. The number of pyridine rings is 1. The van der Waals surface area contributed by atoms with Gasteiger partial charge in [0.1, 0.15) is 23.6 Å². The van der Waals surface area contributed by atoms with Crippen molar-refractivity contribution < 1.29 is 13.2 Å². The third-order valence-corrected chi connectivity index (χ3v) is 10.1. The smallest absolute Gasteiger partial charge is 0.276 e. The van der Waals surface area contributed by atoms with E-state index in [-0.39, 0.29) is 23.5 Å². The number of benzene rings is 1. The van der Waals surface area contributed by atoms with Crippen LogP contribution in [0.2, 0.25) is 0 Å². The molecule has 0 spiro atoms. The molecule has 4 aliphatic rings. The van der Waals surface area contributed by atoms with E-state index in [1.165, 1.54) is 24.5 Å². The quantitative estimate of drug-likeness (QED) is 0.320. The summed E-state index contributed by atoms with van der Waals surface area (Å²) < 4.78 is 48.2. The number of rotatable bonds is 1. The van der Waals surface area contributed by atoms with Crippen molar-refractivity contribution in [2.45, 2.75) is 102 Å². The van der Waals surface area contributed by atoms with Crippen LogP contribution in [-0.4, -0.2) is 14.5 Å². The number of anilines is 1. The van der Waals surface area contributed by atoms with Crippen LogP contribution in [0, 0.1) is 34.9 Å². The van der Waals surface area contributed by atoms with Gasteiger partial charge in [-0.1, -0.05) is 44.4 Å². The highest BCUT2D eigenvalue weighted by atomic mass is 19.3. The molecule has 6 nitrogen and oxygen atoms in total. The number of alkyl halides is 2. The fraction of sp³-hybridized carbons (Fsp3) is 0.576. The van der Waals surface area contributed by atoms with Gasteiger partial charge in [0.25, 0.3) is 11.5 Å². The molecule has 0 saturated heterocycles. The van der Waals surface area contributed by atoms with Crippen molar-refractivity contribution in [2.24, 2.45) is 17.8 Å². The lowest BCUT2D eigenvalue weighted by molar-refractivity contribution is -0.0306. The second-order valence-electron chi connectivity index (χ2n) is 12.9. The summed E-state index contributed by atoms with van der Waals surface area (Å²) in [7, 11) is 0. The topological polar surface area (TPSA) is 83.6 Å². The fourth-order valence-electron chi connectivity index (χ4n) is 7.02. The summed E-state index contributed by atoms with van der Waals surface area (Å²) in [4.78, 5) is 22.6. The molecule has 9 heteroatoms. The Morgan fingerprint density at radius 3 is 2.57 bits per heavy atom. The van der Waals surface area contributed by atoms with E-state index in [0.717, 1.165) is 38.5 Å². The van der Waals surface area contributed by atoms with Crippen molar-refractivity contribution in [3.8, 4) is 6.07 Å². The summed E-state index contributed by atoms with van der Waals surface area (Å²) >= 11 is 0. The summed E-state index contributed by atoms with van der Waals surface area (Å²) in [5, 5.41) is 13.7. The van der Waals surface area contributed by atoms with Gasteiger partial charge in [0.05, 0.1) is 28.5 Å². The Balaban J connectivity index is 1.42. The van der Waals surface area contributed by atoms with E-state index in [2.05, 4.69) is 28.3 Å². The normalized spacial score (nSPS) is 27.2. The second kappa shape index (κ2) is 11.0. The van der Waals surface area contributed by atoms with E-state index in [4.69, 9.17) is 0 Å². The average Bonchev–Trinajstić information content (AvgIpc) is 3.73. The predicted octanol–water partition coefficient (Wildman–Crippen LogP) is 7.77. The van der Waals surface area contributed by atoms with Crippen LogP contribution in [-0.2, 0) is 17.9 Å². The zero-order chi connectivity index (χ0) is 29.6. The van der Waals surface area contributed by atoms with Crippen molar-refractivity contribution >= 4 is 16.9 Å². The first-order chi connectivity index (χ1) is 20.1. The molecule has 1 N–H and O–H groups in total. The minimum Gasteiger partial charge on any atom is -0.363 e. The van der Waals surface area contributed by atoms with E-state index >= 15 is 13.2 Å². The number of nitrogens with one attached hydrogen (secondary N) is 1. The number of nitrogens with zero attached hydrogens (tertiary/aromatic N) is 4. The number of aryl methyl sites for hydroxylation is 1. The zero-order valence-corrected chi connectivity index (χ0v) is 24.3. The van der Waals surface area contributed by atoms with Crippen molar-refractivity contribution in [1.29, 1.82) is 5.26 Å². The van der Waals surface area contributed by atoms with Crippen molar-refractivity contribution in [1.82, 2.24) is 14.5 Å². The highest BCUT2D eigenvalue weighted by molar-refractivity contribution is 5.87. The summed E-state index contributed by atoms with van der Waals surface area (Å²) in [6, 6.07) is 7.52. The highest BCUT2D eigenvalue weighted by Crippen LogP contribution is 2.48. The van der Waals surface area contributed by atoms with E-state index in [9.17, 15) is 10.1 Å². The second-order valence-corrected chi connectivity index (χ2v) is 12.9. The van der Waals surface area contributed by atoms with Crippen LogP contribution in [0.1, 0.15) is 101 Å². The van der Waals surface area contributed by atoms with Gasteiger partial charge in [-0.15, -0.1) is 0 Å². The molecular formula is C33H38F3N5O. The van der Waals surface area contributed by atoms with Gasteiger partial charge in [-0.3, -0.25) is 9.36 Å². The van der Waals surface area contributed by atoms with Gasteiger partial charge >= 0.3 is 0 Å². The Hall–Kier alpha value is -3.41. The third-order valence-electron chi connectivity index (χ3n) is 10.1. The fourth-order valence-corrected chi connectivity index (χ4v) is 7.02. The van der Waals surface area contributed by atoms with Crippen LogP contribution in [0.3, 0.4) is 0 Å². The first-order valence-corrected chi connectivity index (χ1v) is 15.4. The number of nitriles is 1. The van der Waals surface area contributed by atoms with Crippen molar-refractivity contribution in [3.05, 3.63) is 63.5 Å². The van der Waals surface area contributed by atoms with Crippen molar-refractivity contribution in [2.75, 3.05) is 5.32 Å². The Labute approximate surface area is 244 Å². The van der Waals surface area contributed by atoms with Gasteiger partial charge in [0.2, 0.25) is 0 Å². The van der Waals surface area contributed by atoms with Crippen LogP contribution in [0.15, 0.2) is 35.4 Å². The van der Waals surface area contributed by atoms with Crippen LogP contribution < -0.4 is 10.9 Å². The Kier molecular flexibility index (Phi) is 7.53. The van der Waals surface area contributed by atoms with E-state index < -0.39 is 28.8 Å². The van der Waals surface area contributed by atoms with Gasteiger partial charge in [-0.05, 0) is 69.3 Å². The van der Waals surface area contributed by atoms with Crippen LogP contribution >= 0.6 is 0 Å². The van der Waals surface area contributed by atoms with Gasteiger partial charge in [0.15, 0.2) is 0 Å². The Morgan fingerprint density at radius 1 is 1.05 bits per heavy atom. The molecule has 42 heavy (non-hydrogen) atoms. The molecule has 1 aromatic carbocycles. The molecule has 0 amide bonds. The lowest BCUT2D eigenvalue weighted by Crippen LogP contribution is -2.30. The molecule has 7 rings (SSSR count). The third kappa shape index (κ3) is 5.18. The molecule has 222 valence electrons. The molecule has 2 aliphatic carbocycles. The number of fused-ring (bicyclic) bond motifs is 8. The summed E-state index contributed by atoms with van der Waals surface area (Å²) in [6.45, 7) is 4.42. The van der Waals surface area contributed by atoms with Gasteiger partial charge in [0, 0.05) is 24.1 Å². The molecule has 0 radical (unpaired) electrons. The molecule has 8 bridgehead atoms. The first kappa shape index (κ1) is 28.7. The average molecular weight is 578 g/mol. The monoisotopic (exact) mass is 577 g/mol. The summed E-state index contributed by atoms with van der Waals surface area (Å²) in [5.41, 5.74) is -0.596. The van der Waals surface area contributed by atoms with Gasteiger partial charge < -0.3 is 5.32 Å². The van der Waals surface area contributed by atoms with Gasteiger partial charge in [-0.2, -0.15) is 5.26 Å². The molecule has 1 unspecified atom stereocenters. The Morgan fingerprint density at radius 2 is 1.83 bits per heavy atom. The van der Waals surface area contributed by atoms with E-state index in [1.54, 1.807) is 17.6 Å². The lowest BCUT2D eigenvalue weighted by Gasteiger charge is -2.40. The molecule has 2 fully saturated rings. The first-order valence-electron chi connectivity index (χ1n) is 15.4. The standard InChI is InChI=1S/C33H38F3N5O/c1-20-7-4-3-5-14-41-30-25(17-27(31(41)42)32(18-37)12-13-32)29(38-19-39-30)40-21(2)24-8-6-9-26(28(24)34)33(35,36)11-10-22-15-23(20)16-22/h6,8-9,17,19-23H,3-5,7,10-16H2,1-2H3,(H,38,39,40)/t20?,21-,22?,23?/m1/s1.